The van der Waals surface area contributed by atoms with E-state index in [1.807, 2.05) is 0 Å². The van der Waals surface area contributed by atoms with Gasteiger partial charge in [0.05, 0.1) is 26.6 Å². The molecule has 3 unspecified atom stereocenters. The van der Waals surface area contributed by atoms with Crippen LogP contribution in [0.1, 0.15) is 12.5 Å². The summed E-state index contributed by atoms with van der Waals surface area (Å²) in [6.07, 6.45) is -13.9. The van der Waals surface area contributed by atoms with Crippen LogP contribution in [0.3, 0.4) is 0 Å². The van der Waals surface area contributed by atoms with Crippen molar-refractivity contribution in [2.75, 3.05) is 24.7 Å². The van der Waals surface area contributed by atoms with Crippen molar-refractivity contribution in [3.63, 3.8) is 0 Å². The first kappa shape index (κ1) is 40.1. The Morgan fingerprint density at radius 2 is 1.37 bits per heavy atom. The summed E-state index contributed by atoms with van der Waals surface area (Å²) in [6.45, 7) is -2.32. The SMILES string of the molecule is Cn1c[n+]([C@@H]2O[C@H](COP(=O)(O)OP(=O)(O)OP(=O)(O)OC[C@H]3O[C@@H](n4cnc5c(=O)[nH]c(N)nc54)[C@H](O)[C@@H]3O)[C@@H](O)[C@H](O)[C@H]2O)c2nc(N)[nH]c(=O)c21. The normalized spacial score (nSPS) is 31.0. The summed E-state index contributed by atoms with van der Waals surface area (Å²) < 4.78 is 69.2. The average Bonchev–Trinajstić information content (AvgIpc) is 3.70. The van der Waals surface area contributed by atoms with Gasteiger partial charge in [0.15, 0.2) is 23.7 Å². The number of aromatic nitrogens is 8. The number of fused-ring (bicyclic) bond motifs is 2. The zero-order chi connectivity index (χ0) is 39.7. The molecular weight excluding hydrogens is 801 g/mol. The molecule has 0 amide bonds. The van der Waals surface area contributed by atoms with Gasteiger partial charge in [-0.3, -0.25) is 37.7 Å². The number of hydrogen-bond acceptors (Lipinski definition) is 21. The van der Waals surface area contributed by atoms with Crippen LogP contribution >= 0.6 is 23.5 Å². The second-order valence-corrected chi connectivity index (χ2v) is 16.4. The lowest BCUT2D eigenvalue weighted by Crippen LogP contribution is -2.62. The number of aliphatic hydroxyl groups excluding tert-OH is 5. The first-order chi connectivity index (χ1) is 25.1. The summed E-state index contributed by atoms with van der Waals surface area (Å²) in [5, 5.41) is 52.6. The van der Waals surface area contributed by atoms with Gasteiger partial charge < -0.3 is 61.2 Å². The van der Waals surface area contributed by atoms with Crippen molar-refractivity contribution in [3.8, 4) is 0 Å². The first-order valence-electron chi connectivity index (χ1n) is 15.0. The van der Waals surface area contributed by atoms with Gasteiger partial charge in [0.25, 0.3) is 17.1 Å². The standard InChI is InChI=1S/C22H31N10O19P3/c1-30-5-32(16-9(30)18(39)29-22(24)27-16)20-14(37)12(35)10(33)6(49-20)2-46-52(40,41)50-54(44,45)51-53(42,43)47-3-7-11(34)13(36)19(48-7)31-4-25-8-15(31)26-21(23)28-17(8)38/h4-7,10-14,19-20,33-37H,2-3H2,1H3,(H8-,23,24,26,27,28,29,38,39,40,41,42,43,44,45)/p+1/t6-,7-,10-,11-,12+,13-,14-,19-,20-/m1/s1. The van der Waals surface area contributed by atoms with E-state index in [1.165, 1.54) is 17.9 Å². The topological polar surface area (TPSA) is 439 Å². The molecule has 6 heterocycles. The number of nitrogens with two attached hydrogens (primary N) is 2. The minimum absolute atomic E-state index is 0.0511. The van der Waals surface area contributed by atoms with Crippen LogP contribution in [0.4, 0.5) is 11.9 Å². The smallest absolute Gasteiger partial charge is 0.387 e. The summed E-state index contributed by atoms with van der Waals surface area (Å²) in [5.74, 6) is -0.647. The highest BCUT2D eigenvalue weighted by molar-refractivity contribution is 7.66. The van der Waals surface area contributed by atoms with Gasteiger partial charge in [0, 0.05) is 0 Å². The number of ether oxygens (including phenoxy) is 2. The highest BCUT2D eigenvalue weighted by Gasteiger charge is 2.50. The lowest BCUT2D eigenvalue weighted by molar-refractivity contribution is -0.759. The van der Waals surface area contributed by atoms with Crippen LogP contribution in [0.5, 0.6) is 0 Å². The number of nitrogens with zero attached hydrogens (tertiary/aromatic N) is 6. The number of phosphoric ester groups is 2. The fraction of sp³-hybridized carbons (Fsp3) is 0.545. The molecule has 2 aliphatic rings. The average molecular weight is 833 g/mol. The van der Waals surface area contributed by atoms with Gasteiger partial charge in [0.1, 0.15) is 42.7 Å². The molecule has 0 aromatic carbocycles. The van der Waals surface area contributed by atoms with E-state index < -0.39 is 103 Å². The molecule has 32 heteroatoms. The lowest BCUT2D eigenvalue weighted by Gasteiger charge is -2.39. The van der Waals surface area contributed by atoms with Crippen molar-refractivity contribution in [1.82, 2.24) is 34.1 Å². The number of nitrogen functional groups attached to an aromatic ring is 2. The number of imidazole rings is 2. The molecule has 0 spiro atoms. The zero-order valence-electron chi connectivity index (χ0n) is 27.0. The minimum Gasteiger partial charge on any atom is -0.387 e. The van der Waals surface area contributed by atoms with Crippen molar-refractivity contribution in [3.05, 3.63) is 33.4 Å². The van der Waals surface area contributed by atoms with Crippen molar-refractivity contribution in [2.24, 2.45) is 7.05 Å². The second-order valence-electron chi connectivity index (χ2n) is 11.8. The fourth-order valence-electron chi connectivity index (χ4n) is 5.64. The Morgan fingerprint density at radius 1 is 0.815 bits per heavy atom. The fourth-order valence-corrected chi connectivity index (χ4v) is 9.16. The third-order valence-corrected chi connectivity index (χ3v) is 12.3. The number of hydrogen-bond donors (Lipinski definition) is 12. The predicted molar refractivity (Wildman–Crippen MR) is 170 cm³/mol. The summed E-state index contributed by atoms with van der Waals surface area (Å²) in [5.41, 5.74) is 9.17. The Kier molecular flexibility index (Phi) is 10.8. The maximum absolute atomic E-state index is 12.6. The number of phosphoric acid groups is 3. The number of H-pyrrole nitrogens is 2. The highest BCUT2D eigenvalue weighted by Crippen LogP contribution is 2.67. The molecule has 0 bridgehead atoms. The van der Waals surface area contributed by atoms with Crippen molar-refractivity contribution in [1.29, 1.82) is 0 Å². The largest absolute Gasteiger partial charge is 0.490 e. The molecule has 2 fully saturated rings. The molecule has 298 valence electrons. The van der Waals surface area contributed by atoms with Crippen LogP contribution in [0.2, 0.25) is 0 Å². The van der Waals surface area contributed by atoms with E-state index in [4.69, 9.17) is 20.9 Å². The molecule has 0 radical (unpaired) electrons. The monoisotopic (exact) mass is 833 g/mol. The number of aryl methyl sites for hydroxylation is 1. The Labute approximate surface area is 297 Å². The number of anilines is 2. The molecule has 2 saturated heterocycles. The Balaban J connectivity index is 1.07. The van der Waals surface area contributed by atoms with Crippen LogP contribution in [0, 0.1) is 0 Å². The Hall–Kier alpha value is -3.57. The minimum atomic E-state index is -6.06. The van der Waals surface area contributed by atoms with Gasteiger partial charge in [0.2, 0.25) is 17.7 Å². The maximum Gasteiger partial charge on any atom is 0.490 e. The second kappa shape index (κ2) is 14.5. The van der Waals surface area contributed by atoms with Crippen LogP contribution < -0.4 is 27.2 Å². The van der Waals surface area contributed by atoms with E-state index in [2.05, 4.69) is 42.6 Å². The number of nitrogens with one attached hydrogen (secondary N) is 2. The maximum atomic E-state index is 12.6. The summed E-state index contributed by atoms with van der Waals surface area (Å²) in [4.78, 5) is 70.8. The predicted octanol–water partition coefficient (Wildman–Crippen LogP) is -5.19. The van der Waals surface area contributed by atoms with Gasteiger partial charge in [-0.25, -0.2) is 23.2 Å². The van der Waals surface area contributed by atoms with E-state index >= 15 is 0 Å². The summed E-state index contributed by atoms with van der Waals surface area (Å²) >= 11 is 0. The van der Waals surface area contributed by atoms with Crippen LogP contribution in [0.25, 0.3) is 22.3 Å². The third kappa shape index (κ3) is 7.90. The molecular formula is C22H32N10O19P3+. The number of aromatic amines is 2. The van der Waals surface area contributed by atoms with E-state index in [0.29, 0.717) is 0 Å². The molecule has 14 N–H and O–H groups in total. The van der Waals surface area contributed by atoms with E-state index in [-0.39, 0.29) is 34.2 Å². The van der Waals surface area contributed by atoms with Gasteiger partial charge in [-0.15, -0.1) is 0 Å². The molecule has 54 heavy (non-hydrogen) atoms. The van der Waals surface area contributed by atoms with E-state index in [1.54, 1.807) is 0 Å². The molecule has 0 aliphatic carbocycles. The van der Waals surface area contributed by atoms with Crippen molar-refractivity contribution in [2.45, 2.75) is 55.2 Å². The van der Waals surface area contributed by atoms with Crippen LogP contribution in [-0.4, -0.2) is 130 Å². The van der Waals surface area contributed by atoms with Crippen LogP contribution in [0.15, 0.2) is 22.2 Å². The van der Waals surface area contributed by atoms with Gasteiger partial charge in [-0.2, -0.15) is 13.6 Å². The molecule has 2 aliphatic heterocycles. The molecule has 0 saturated carbocycles. The summed E-state index contributed by atoms with van der Waals surface area (Å²) in [6, 6.07) is 0. The van der Waals surface area contributed by atoms with Gasteiger partial charge in [-0.1, -0.05) is 4.98 Å². The van der Waals surface area contributed by atoms with Crippen molar-refractivity contribution < 1.29 is 85.6 Å². The quantitative estimate of drug-likeness (QED) is 0.0469. The van der Waals surface area contributed by atoms with Crippen molar-refractivity contribution >= 4 is 57.7 Å². The van der Waals surface area contributed by atoms with Crippen LogP contribution in [-0.2, 0) is 47.9 Å². The molecule has 6 rings (SSSR count). The Morgan fingerprint density at radius 3 is 2.00 bits per heavy atom. The van der Waals surface area contributed by atoms with Gasteiger partial charge >= 0.3 is 29.1 Å². The third-order valence-electron chi connectivity index (χ3n) is 8.03. The first-order valence-corrected chi connectivity index (χ1v) is 19.5. The summed E-state index contributed by atoms with van der Waals surface area (Å²) in [7, 11) is -16.1. The lowest BCUT2D eigenvalue weighted by atomic mass is 9.98. The van der Waals surface area contributed by atoms with E-state index in [0.717, 1.165) is 15.5 Å². The Bertz CT molecular complexity index is 2330. The molecule has 4 aromatic rings. The molecule has 29 nitrogen and oxygen atoms in total. The number of rotatable bonds is 12. The van der Waals surface area contributed by atoms with Gasteiger partial charge in [-0.05, 0) is 0 Å². The van der Waals surface area contributed by atoms with E-state index in [9.17, 15) is 63.5 Å². The molecule has 4 aromatic heterocycles. The number of aliphatic hydroxyl groups is 5. The molecule has 12 atom stereocenters. The highest BCUT2D eigenvalue weighted by atomic mass is 31.3. The zero-order valence-corrected chi connectivity index (χ0v) is 29.7.